The molecule has 0 spiro atoms. The van der Waals surface area contributed by atoms with Crippen molar-refractivity contribution in [2.24, 2.45) is 5.92 Å². The first-order chi connectivity index (χ1) is 10.1. The molecule has 8 heteroatoms. The van der Waals surface area contributed by atoms with Gasteiger partial charge in [0.15, 0.2) is 0 Å². The molecule has 0 radical (unpaired) electrons. The summed E-state index contributed by atoms with van der Waals surface area (Å²) in [5, 5.41) is 2.86. The number of halogens is 1. The van der Waals surface area contributed by atoms with E-state index in [0.29, 0.717) is 18.2 Å². The Morgan fingerprint density at radius 2 is 1.95 bits per heavy atom. The molecule has 2 N–H and O–H groups in total. The van der Waals surface area contributed by atoms with Crippen molar-refractivity contribution in [2.75, 3.05) is 22.9 Å². The number of sulfonamides is 1. The van der Waals surface area contributed by atoms with E-state index in [4.69, 9.17) is 16.3 Å². The first-order valence-corrected chi connectivity index (χ1v) is 9.05. The molecule has 1 amide bonds. The van der Waals surface area contributed by atoms with Crippen molar-refractivity contribution < 1.29 is 17.9 Å². The molecule has 6 nitrogen and oxygen atoms in total. The third kappa shape index (κ3) is 6.64. The highest BCUT2D eigenvalue weighted by molar-refractivity contribution is 7.92. The summed E-state index contributed by atoms with van der Waals surface area (Å²) < 4.78 is 30.1. The predicted octanol–water partition coefficient (Wildman–Crippen LogP) is 2.71. The third-order valence-electron chi connectivity index (χ3n) is 2.58. The van der Waals surface area contributed by atoms with E-state index in [2.05, 4.69) is 10.0 Å². The van der Waals surface area contributed by atoms with Gasteiger partial charge in [-0.15, -0.1) is 0 Å². The molecule has 22 heavy (non-hydrogen) atoms. The number of hydrogen-bond donors (Lipinski definition) is 2. The Bertz CT molecular complexity index is 632. The van der Waals surface area contributed by atoms with Crippen molar-refractivity contribution in [3.63, 3.8) is 0 Å². The van der Waals surface area contributed by atoms with E-state index in [1.165, 1.54) is 12.1 Å². The van der Waals surface area contributed by atoms with Crippen LogP contribution >= 0.6 is 11.6 Å². The molecule has 0 unspecified atom stereocenters. The van der Waals surface area contributed by atoms with Crippen molar-refractivity contribution in [1.82, 2.24) is 0 Å². The van der Waals surface area contributed by atoms with E-state index in [1.807, 2.05) is 13.8 Å². The number of ether oxygens (including phenoxy) is 1. The van der Waals surface area contributed by atoms with Crippen LogP contribution in [-0.2, 0) is 19.6 Å². The molecule has 0 saturated carbocycles. The SMILES string of the molecule is CC(C)CO[C@H](C)C(=O)Nc1ccc(NS(C)(=O)=O)c(Cl)c1. The molecule has 0 saturated heterocycles. The van der Waals surface area contributed by atoms with Crippen LogP contribution in [0.25, 0.3) is 0 Å². The minimum atomic E-state index is -3.41. The lowest BCUT2D eigenvalue weighted by molar-refractivity contribution is -0.126. The fourth-order valence-corrected chi connectivity index (χ4v) is 2.39. The average molecular weight is 349 g/mol. The summed E-state index contributed by atoms with van der Waals surface area (Å²) in [5.74, 6) is 0.0478. The quantitative estimate of drug-likeness (QED) is 0.793. The minimum absolute atomic E-state index is 0.193. The zero-order chi connectivity index (χ0) is 16.9. The number of nitrogens with one attached hydrogen (secondary N) is 2. The number of rotatable bonds is 7. The van der Waals surface area contributed by atoms with Crippen LogP contribution in [0, 0.1) is 5.92 Å². The van der Waals surface area contributed by atoms with Crippen molar-refractivity contribution >= 4 is 38.9 Å². The summed E-state index contributed by atoms with van der Waals surface area (Å²) in [6.07, 6.45) is 0.447. The van der Waals surface area contributed by atoms with Crippen molar-refractivity contribution in [3.8, 4) is 0 Å². The van der Waals surface area contributed by atoms with E-state index < -0.39 is 16.1 Å². The Balaban J connectivity index is 2.71. The van der Waals surface area contributed by atoms with Crippen LogP contribution in [0.15, 0.2) is 18.2 Å². The van der Waals surface area contributed by atoms with Crippen molar-refractivity contribution in [2.45, 2.75) is 26.9 Å². The van der Waals surface area contributed by atoms with E-state index >= 15 is 0 Å². The smallest absolute Gasteiger partial charge is 0.253 e. The van der Waals surface area contributed by atoms with Gasteiger partial charge in [-0.3, -0.25) is 9.52 Å². The van der Waals surface area contributed by atoms with Crippen LogP contribution in [0.5, 0.6) is 0 Å². The molecule has 0 aliphatic carbocycles. The predicted molar refractivity (Wildman–Crippen MR) is 88.8 cm³/mol. The zero-order valence-electron chi connectivity index (χ0n) is 13.0. The zero-order valence-corrected chi connectivity index (χ0v) is 14.6. The largest absolute Gasteiger partial charge is 0.368 e. The standard InChI is InChI=1S/C14H21ClN2O4S/c1-9(2)8-21-10(3)14(18)16-11-5-6-13(12(15)7-11)17-22(4,19)20/h5-7,9-10,17H,8H2,1-4H3,(H,16,18)/t10-/m1/s1. The normalized spacial score (nSPS) is 13.0. The van der Waals surface area contributed by atoms with Gasteiger partial charge in [-0.25, -0.2) is 8.42 Å². The Morgan fingerprint density at radius 1 is 1.32 bits per heavy atom. The summed E-state index contributed by atoms with van der Waals surface area (Å²) in [6.45, 7) is 6.15. The maximum Gasteiger partial charge on any atom is 0.253 e. The van der Waals surface area contributed by atoms with Gasteiger partial charge in [0.25, 0.3) is 5.91 Å². The molecular weight excluding hydrogens is 328 g/mol. The summed E-state index contributed by atoms with van der Waals surface area (Å²) >= 11 is 5.99. The van der Waals surface area contributed by atoms with Crippen molar-refractivity contribution in [3.05, 3.63) is 23.2 Å². The van der Waals surface area contributed by atoms with Gasteiger partial charge < -0.3 is 10.1 Å². The summed E-state index contributed by atoms with van der Waals surface area (Å²) in [7, 11) is -3.41. The van der Waals surface area contributed by atoms with Gasteiger partial charge in [-0.2, -0.15) is 0 Å². The van der Waals surface area contributed by atoms with E-state index in [1.54, 1.807) is 13.0 Å². The first-order valence-electron chi connectivity index (χ1n) is 6.78. The topological polar surface area (TPSA) is 84.5 Å². The summed E-state index contributed by atoms with van der Waals surface area (Å²) in [4.78, 5) is 12.0. The monoisotopic (exact) mass is 348 g/mol. The number of carbonyl (C=O) groups excluding carboxylic acids is 1. The highest BCUT2D eigenvalue weighted by Crippen LogP contribution is 2.26. The molecule has 0 aromatic heterocycles. The van der Waals surface area contributed by atoms with Crippen LogP contribution in [0.1, 0.15) is 20.8 Å². The average Bonchev–Trinajstić information content (AvgIpc) is 2.37. The minimum Gasteiger partial charge on any atom is -0.368 e. The lowest BCUT2D eigenvalue weighted by Crippen LogP contribution is -2.28. The molecule has 124 valence electrons. The van der Waals surface area contributed by atoms with Gasteiger partial charge in [0.05, 0.1) is 17.0 Å². The lowest BCUT2D eigenvalue weighted by Gasteiger charge is -2.15. The maximum atomic E-state index is 12.0. The van der Waals surface area contributed by atoms with Crippen LogP contribution in [0.3, 0.4) is 0 Å². The Morgan fingerprint density at radius 3 is 2.45 bits per heavy atom. The van der Waals surface area contributed by atoms with Gasteiger partial charge in [0.2, 0.25) is 10.0 Å². The van der Waals surface area contributed by atoms with Gasteiger partial charge in [0, 0.05) is 12.3 Å². The Kier molecular flexibility index (Phi) is 6.65. The number of amides is 1. The highest BCUT2D eigenvalue weighted by atomic mass is 35.5. The summed E-state index contributed by atoms with van der Waals surface area (Å²) in [5.41, 5.74) is 0.723. The van der Waals surface area contributed by atoms with Crippen molar-refractivity contribution in [1.29, 1.82) is 0 Å². The maximum absolute atomic E-state index is 12.0. The number of carbonyl (C=O) groups is 1. The number of benzene rings is 1. The fraction of sp³-hybridized carbons (Fsp3) is 0.500. The van der Waals surface area contributed by atoms with Gasteiger partial charge in [-0.1, -0.05) is 25.4 Å². The molecule has 0 bridgehead atoms. The third-order valence-corrected chi connectivity index (χ3v) is 3.48. The second-order valence-electron chi connectivity index (χ2n) is 5.43. The highest BCUT2D eigenvalue weighted by Gasteiger charge is 2.15. The molecule has 1 aromatic carbocycles. The van der Waals surface area contributed by atoms with Gasteiger partial charge in [0.1, 0.15) is 6.10 Å². The molecular formula is C14H21ClN2O4S. The van der Waals surface area contributed by atoms with Crippen LogP contribution < -0.4 is 10.0 Å². The van der Waals surface area contributed by atoms with Gasteiger partial charge >= 0.3 is 0 Å². The van der Waals surface area contributed by atoms with Gasteiger partial charge in [-0.05, 0) is 31.0 Å². The second-order valence-corrected chi connectivity index (χ2v) is 7.58. The number of hydrogen-bond acceptors (Lipinski definition) is 4. The Hall–Kier alpha value is -1.31. The van der Waals surface area contributed by atoms with Crippen LogP contribution in [0.2, 0.25) is 5.02 Å². The summed E-state index contributed by atoms with van der Waals surface area (Å²) in [6, 6.07) is 4.52. The first kappa shape index (κ1) is 18.7. The van der Waals surface area contributed by atoms with E-state index in [0.717, 1.165) is 6.26 Å². The fourth-order valence-electron chi connectivity index (χ4n) is 1.53. The van der Waals surface area contributed by atoms with Crippen LogP contribution in [0.4, 0.5) is 11.4 Å². The molecule has 0 fully saturated rings. The molecule has 0 heterocycles. The second kappa shape index (κ2) is 7.80. The molecule has 0 aliphatic heterocycles. The van der Waals surface area contributed by atoms with Crippen LogP contribution in [-0.4, -0.2) is 33.3 Å². The molecule has 1 aromatic rings. The molecule has 1 atom stereocenters. The number of anilines is 2. The lowest BCUT2D eigenvalue weighted by atomic mass is 10.2. The molecule has 0 aliphatic rings. The molecule has 1 rings (SSSR count). The van der Waals surface area contributed by atoms with E-state index in [-0.39, 0.29) is 16.6 Å². The van der Waals surface area contributed by atoms with E-state index in [9.17, 15) is 13.2 Å². The Labute approximate surface area is 136 Å².